The molecule has 0 spiro atoms. The van der Waals surface area contributed by atoms with Crippen LogP contribution in [0, 0.1) is 6.92 Å². The first-order chi connectivity index (χ1) is 7.27. The zero-order valence-corrected chi connectivity index (χ0v) is 9.20. The lowest BCUT2D eigenvalue weighted by Gasteiger charge is -2.24. The first kappa shape index (κ1) is 10.3. The number of hydrogen-bond acceptors (Lipinski definition) is 2. The maximum atomic E-state index is 9.70. The van der Waals surface area contributed by atoms with Gasteiger partial charge >= 0.3 is 0 Å². The van der Waals surface area contributed by atoms with Gasteiger partial charge in [-0.3, -0.25) is 0 Å². The molecule has 0 atom stereocenters. The third kappa shape index (κ3) is 2.44. The fourth-order valence-corrected chi connectivity index (χ4v) is 2.14. The molecule has 0 heterocycles. The van der Waals surface area contributed by atoms with Crippen LogP contribution in [0.2, 0.25) is 0 Å². The fraction of sp³-hybridized carbons (Fsp3) is 0.538. The van der Waals surface area contributed by atoms with E-state index in [1.54, 1.807) is 6.07 Å². The highest BCUT2D eigenvalue weighted by molar-refractivity contribution is 5.44. The van der Waals surface area contributed by atoms with Crippen LogP contribution in [0.3, 0.4) is 0 Å². The minimum absolute atomic E-state index is 0.264. The van der Waals surface area contributed by atoms with Crippen LogP contribution in [0.25, 0.3) is 0 Å². The molecule has 1 aliphatic rings. The van der Waals surface area contributed by atoms with E-state index in [0.717, 1.165) is 18.4 Å². The maximum absolute atomic E-state index is 9.70. The van der Waals surface area contributed by atoms with Crippen molar-refractivity contribution in [3.05, 3.63) is 23.8 Å². The van der Waals surface area contributed by atoms with E-state index in [4.69, 9.17) is 4.74 Å². The summed E-state index contributed by atoms with van der Waals surface area (Å²) >= 11 is 0. The lowest BCUT2D eigenvalue weighted by atomic mass is 9.97. The number of phenols is 1. The molecule has 2 rings (SSSR count). The Morgan fingerprint density at radius 1 is 1.20 bits per heavy atom. The monoisotopic (exact) mass is 206 g/mol. The number of phenolic OH excluding ortho intramolecular Hbond substituents is 1. The Morgan fingerprint density at radius 2 is 1.93 bits per heavy atom. The van der Waals surface area contributed by atoms with E-state index < -0.39 is 0 Å². The highest BCUT2D eigenvalue weighted by Gasteiger charge is 2.17. The average molecular weight is 206 g/mol. The molecule has 15 heavy (non-hydrogen) atoms. The second-order valence-electron chi connectivity index (χ2n) is 4.30. The molecule has 0 amide bonds. The van der Waals surface area contributed by atoms with Crippen molar-refractivity contribution in [3.63, 3.8) is 0 Å². The van der Waals surface area contributed by atoms with Crippen LogP contribution in [-0.4, -0.2) is 11.2 Å². The van der Waals surface area contributed by atoms with Gasteiger partial charge in [0.2, 0.25) is 0 Å². The van der Waals surface area contributed by atoms with Crippen LogP contribution in [-0.2, 0) is 0 Å². The number of aryl methyl sites for hydroxylation is 1. The van der Waals surface area contributed by atoms with Gasteiger partial charge in [0.25, 0.3) is 0 Å². The molecule has 1 aliphatic carbocycles. The Kier molecular flexibility index (Phi) is 3.14. The zero-order valence-electron chi connectivity index (χ0n) is 9.20. The lowest BCUT2D eigenvalue weighted by Crippen LogP contribution is -2.20. The number of hydrogen-bond donors (Lipinski definition) is 1. The predicted molar refractivity (Wildman–Crippen MR) is 60.3 cm³/mol. The van der Waals surface area contributed by atoms with Crippen molar-refractivity contribution < 1.29 is 9.84 Å². The maximum Gasteiger partial charge on any atom is 0.164 e. The number of ether oxygens (including phenoxy) is 1. The summed E-state index contributed by atoms with van der Waals surface area (Å²) in [5, 5.41) is 9.70. The van der Waals surface area contributed by atoms with E-state index in [2.05, 4.69) is 0 Å². The van der Waals surface area contributed by atoms with Crippen LogP contribution >= 0.6 is 0 Å². The van der Waals surface area contributed by atoms with Crippen molar-refractivity contribution in [1.82, 2.24) is 0 Å². The fourth-order valence-electron chi connectivity index (χ4n) is 2.14. The second kappa shape index (κ2) is 4.56. The van der Waals surface area contributed by atoms with E-state index >= 15 is 0 Å². The summed E-state index contributed by atoms with van der Waals surface area (Å²) < 4.78 is 5.87. The van der Waals surface area contributed by atoms with E-state index in [1.807, 2.05) is 19.1 Å². The van der Waals surface area contributed by atoms with E-state index in [-0.39, 0.29) is 5.75 Å². The summed E-state index contributed by atoms with van der Waals surface area (Å²) in [6.45, 7) is 1.97. The number of rotatable bonds is 2. The molecule has 0 aromatic heterocycles. The Labute approximate surface area is 90.9 Å². The highest BCUT2D eigenvalue weighted by atomic mass is 16.5. The van der Waals surface area contributed by atoms with E-state index in [1.165, 1.54) is 19.3 Å². The first-order valence-electron chi connectivity index (χ1n) is 5.72. The SMILES string of the molecule is Cc1cccc(O)c1OC1CCCCC1. The van der Waals surface area contributed by atoms with Crippen molar-refractivity contribution in [2.45, 2.75) is 45.1 Å². The molecular weight excluding hydrogens is 188 g/mol. The van der Waals surface area contributed by atoms with Gasteiger partial charge in [0.15, 0.2) is 11.5 Å². The zero-order chi connectivity index (χ0) is 10.7. The van der Waals surface area contributed by atoms with Crippen molar-refractivity contribution in [3.8, 4) is 11.5 Å². The van der Waals surface area contributed by atoms with E-state index in [0.29, 0.717) is 11.9 Å². The van der Waals surface area contributed by atoms with Gasteiger partial charge in [-0.25, -0.2) is 0 Å². The summed E-state index contributed by atoms with van der Waals surface area (Å²) in [7, 11) is 0. The second-order valence-corrected chi connectivity index (χ2v) is 4.30. The average Bonchev–Trinajstić information content (AvgIpc) is 2.25. The minimum atomic E-state index is 0.264. The largest absolute Gasteiger partial charge is 0.504 e. The van der Waals surface area contributed by atoms with Gasteiger partial charge < -0.3 is 9.84 Å². The van der Waals surface area contributed by atoms with Gasteiger partial charge in [-0.2, -0.15) is 0 Å². The predicted octanol–water partition coefficient (Wildman–Crippen LogP) is 3.41. The summed E-state index contributed by atoms with van der Waals surface area (Å²) in [4.78, 5) is 0. The van der Waals surface area contributed by atoms with Crippen molar-refractivity contribution in [1.29, 1.82) is 0 Å². The van der Waals surface area contributed by atoms with Crippen molar-refractivity contribution in [2.75, 3.05) is 0 Å². The van der Waals surface area contributed by atoms with Gasteiger partial charge in [0, 0.05) is 0 Å². The van der Waals surface area contributed by atoms with Crippen LogP contribution in [0.15, 0.2) is 18.2 Å². The summed E-state index contributed by atoms with van der Waals surface area (Å²) in [6, 6.07) is 5.50. The van der Waals surface area contributed by atoms with Crippen LogP contribution < -0.4 is 4.74 Å². The Bertz CT molecular complexity index is 307. The Morgan fingerprint density at radius 3 is 2.60 bits per heavy atom. The van der Waals surface area contributed by atoms with Crippen molar-refractivity contribution in [2.24, 2.45) is 0 Å². The summed E-state index contributed by atoms with van der Waals surface area (Å²) in [5.74, 6) is 0.935. The summed E-state index contributed by atoms with van der Waals surface area (Å²) in [5.41, 5.74) is 1.01. The molecule has 1 aromatic carbocycles. The third-order valence-corrected chi connectivity index (χ3v) is 3.03. The molecule has 1 N–H and O–H groups in total. The molecule has 0 unspecified atom stereocenters. The molecule has 1 fully saturated rings. The number of benzene rings is 1. The molecule has 82 valence electrons. The molecule has 0 radical (unpaired) electrons. The Balaban J connectivity index is 2.09. The van der Waals surface area contributed by atoms with Gasteiger partial charge in [-0.05, 0) is 44.2 Å². The third-order valence-electron chi connectivity index (χ3n) is 3.03. The molecular formula is C13H18O2. The van der Waals surface area contributed by atoms with Gasteiger partial charge in [-0.1, -0.05) is 18.6 Å². The minimum Gasteiger partial charge on any atom is -0.504 e. The molecule has 0 saturated heterocycles. The molecule has 0 aliphatic heterocycles. The molecule has 1 aromatic rings. The molecule has 2 nitrogen and oxygen atoms in total. The van der Waals surface area contributed by atoms with Crippen LogP contribution in [0.5, 0.6) is 11.5 Å². The van der Waals surface area contributed by atoms with Gasteiger partial charge in [0.05, 0.1) is 6.10 Å². The van der Waals surface area contributed by atoms with Crippen LogP contribution in [0.4, 0.5) is 0 Å². The highest BCUT2D eigenvalue weighted by Crippen LogP contribution is 2.32. The van der Waals surface area contributed by atoms with Gasteiger partial charge in [-0.15, -0.1) is 0 Å². The molecule has 0 bridgehead atoms. The topological polar surface area (TPSA) is 29.5 Å². The Hall–Kier alpha value is -1.18. The molecule has 1 saturated carbocycles. The summed E-state index contributed by atoms with van der Waals surface area (Å²) in [6.07, 6.45) is 6.35. The number of aromatic hydroxyl groups is 1. The standard InChI is InChI=1S/C13H18O2/c1-10-6-5-9-12(14)13(10)15-11-7-3-2-4-8-11/h5-6,9,11,14H,2-4,7-8H2,1H3. The lowest BCUT2D eigenvalue weighted by molar-refractivity contribution is 0.149. The van der Waals surface area contributed by atoms with Crippen LogP contribution in [0.1, 0.15) is 37.7 Å². The van der Waals surface area contributed by atoms with E-state index in [9.17, 15) is 5.11 Å². The quantitative estimate of drug-likeness (QED) is 0.803. The number of para-hydroxylation sites is 1. The smallest absolute Gasteiger partial charge is 0.164 e. The normalized spacial score (nSPS) is 17.7. The van der Waals surface area contributed by atoms with Crippen molar-refractivity contribution >= 4 is 0 Å². The van der Waals surface area contributed by atoms with Gasteiger partial charge in [0.1, 0.15) is 0 Å². The first-order valence-corrected chi connectivity index (χ1v) is 5.72. The molecule has 2 heteroatoms.